The molecule has 1 aliphatic heterocycles. The summed E-state index contributed by atoms with van der Waals surface area (Å²) in [6.07, 6.45) is 1.67. The van der Waals surface area contributed by atoms with Crippen LogP contribution in [0, 0.1) is 12.7 Å². The molecule has 1 amide bonds. The second-order valence-electron chi connectivity index (χ2n) is 7.24. The van der Waals surface area contributed by atoms with Crippen molar-refractivity contribution in [3.8, 4) is 0 Å². The molecule has 0 bridgehead atoms. The highest BCUT2D eigenvalue weighted by atomic mass is 35.5. The van der Waals surface area contributed by atoms with Gasteiger partial charge < -0.3 is 0 Å². The number of carbonyl (C=O) groups is 1. The summed E-state index contributed by atoms with van der Waals surface area (Å²) in [5.74, 6) is -0.0869. The number of fused-ring (bicyclic) bond motifs is 1. The van der Waals surface area contributed by atoms with Crippen LogP contribution in [-0.2, 0) is 4.79 Å². The first-order valence-electron chi connectivity index (χ1n) is 9.66. The van der Waals surface area contributed by atoms with Crippen molar-refractivity contribution < 1.29 is 9.18 Å². The smallest absolute Gasteiger partial charge is 0.266 e. The number of amides is 1. The molecule has 1 aromatic heterocycles. The molecule has 0 aliphatic carbocycles. The van der Waals surface area contributed by atoms with Gasteiger partial charge in [-0.1, -0.05) is 54.1 Å². The molecule has 3 nitrogen and oxygen atoms in total. The minimum atomic E-state index is -0.331. The molecule has 3 aromatic carbocycles. The second kappa shape index (κ2) is 7.76. The molecular formula is C25H16ClFN2OS. The lowest BCUT2D eigenvalue weighted by atomic mass is 10.1. The Morgan fingerprint density at radius 1 is 1.03 bits per heavy atom. The zero-order valence-electron chi connectivity index (χ0n) is 16.5. The number of thiophene rings is 1. The van der Waals surface area contributed by atoms with Gasteiger partial charge in [0.25, 0.3) is 5.91 Å². The fourth-order valence-electron chi connectivity index (χ4n) is 3.55. The average molecular weight is 447 g/mol. The zero-order valence-corrected chi connectivity index (χ0v) is 18.0. The van der Waals surface area contributed by atoms with Gasteiger partial charge in [0.1, 0.15) is 11.5 Å². The van der Waals surface area contributed by atoms with Crippen LogP contribution in [0.3, 0.4) is 0 Å². The van der Waals surface area contributed by atoms with E-state index >= 15 is 0 Å². The normalized spacial score (nSPS) is 15.2. The summed E-state index contributed by atoms with van der Waals surface area (Å²) >= 11 is 8.23. The highest BCUT2D eigenvalue weighted by Crippen LogP contribution is 2.39. The van der Waals surface area contributed by atoms with E-state index in [1.807, 2.05) is 55.5 Å². The molecular weight excluding hydrogens is 431 g/mol. The molecule has 0 atom stereocenters. The number of carbonyl (C=O) groups excluding carboxylic acids is 1. The Bertz CT molecular complexity index is 1390. The molecule has 4 aromatic rings. The standard InChI is InChI=1S/C25H16ClFN2OS/c1-15-5-4-6-18(13-15)29-24(23-22(26)19-7-2-3-8-21(19)31-23)28-20(25(29)30)14-16-9-11-17(27)12-10-16/h2-14H,1H3/b20-14+. The third kappa shape index (κ3) is 3.56. The molecule has 152 valence electrons. The Morgan fingerprint density at radius 2 is 1.81 bits per heavy atom. The van der Waals surface area contributed by atoms with E-state index in [4.69, 9.17) is 11.6 Å². The lowest BCUT2D eigenvalue weighted by molar-refractivity contribution is -0.113. The third-order valence-corrected chi connectivity index (χ3v) is 6.70. The molecule has 6 heteroatoms. The van der Waals surface area contributed by atoms with Gasteiger partial charge in [0.05, 0.1) is 15.6 Å². The molecule has 0 saturated heterocycles. The van der Waals surface area contributed by atoms with Crippen LogP contribution in [0.5, 0.6) is 0 Å². The number of rotatable bonds is 3. The first kappa shape index (κ1) is 19.7. The number of nitrogens with zero attached hydrogens (tertiary/aromatic N) is 2. The maximum absolute atomic E-state index is 13.4. The Kier molecular flexibility index (Phi) is 4.93. The van der Waals surface area contributed by atoms with Crippen molar-refractivity contribution in [3.63, 3.8) is 0 Å². The topological polar surface area (TPSA) is 32.7 Å². The quantitative estimate of drug-likeness (QED) is 0.317. The second-order valence-corrected chi connectivity index (χ2v) is 8.67. The molecule has 0 spiro atoms. The Hall–Kier alpha value is -3.28. The van der Waals surface area contributed by atoms with E-state index in [0.29, 0.717) is 16.4 Å². The average Bonchev–Trinajstić information content (AvgIpc) is 3.27. The molecule has 2 heterocycles. The summed E-state index contributed by atoms with van der Waals surface area (Å²) in [6.45, 7) is 1.97. The summed E-state index contributed by atoms with van der Waals surface area (Å²) in [5.41, 5.74) is 2.72. The van der Waals surface area contributed by atoms with E-state index < -0.39 is 0 Å². The van der Waals surface area contributed by atoms with Gasteiger partial charge in [0.2, 0.25) is 0 Å². The largest absolute Gasteiger partial charge is 0.282 e. The summed E-state index contributed by atoms with van der Waals surface area (Å²) < 4.78 is 14.3. The lowest BCUT2D eigenvalue weighted by Gasteiger charge is -2.18. The molecule has 31 heavy (non-hydrogen) atoms. The summed E-state index contributed by atoms with van der Waals surface area (Å²) in [6, 6.07) is 21.5. The van der Waals surface area contributed by atoms with Gasteiger partial charge in [-0.05, 0) is 54.5 Å². The van der Waals surface area contributed by atoms with Crippen LogP contribution in [-0.4, -0.2) is 11.7 Å². The molecule has 0 saturated carbocycles. The van der Waals surface area contributed by atoms with Crippen molar-refractivity contribution in [1.29, 1.82) is 0 Å². The molecule has 0 unspecified atom stereocenters. The maximum atomic E-state index is 13.4. The van der Waals surface area contributed by atoms with Gasteiger partial charge in [-0.3, -0.25) is 9.69 Å². The monoisotopic (exact) mass is 446 g/mol. The fraction of sp³-hybridized carbons (Fsp3) is 0.0400. The Balaban J connectivity index is 1.69. The summed E-state index contributed by atoms with van der Waals surface area (Å²) in [5, 5.41) is 1.51. The number of amidine groups is 1. The van der Waals surface area contributed by atoms with Crippen molar-refractivity contribution in [2.24, 2.45) is 4.99 Å². The van der Waals surface area contributed by atoms with Crippen LogP contribution in [0.1, 0.15) is 16.0 Å². The van der Waals surface area contributed by atoms with E-state index in [2.05, 4.69) is 4.99 Å². The van der Waals surface area contributed by atoms with Gasteiger partial charge in [0.15, 0.2) is 5.84 Å². The number of anilines is 1. The SMILES string of the molecule is Cc1cccc(N2C(=O)/C(=C\c3ccc(F)cc3)N=C2c2sc3ccccc3c2Cl)c1. The van der Waals surface area contributed by atoms with Crippen LogP contribution in [0.15, 0.2) is 83.5 Å². The number of hydrogen-bond donors (Lipinski definition) is 0. The van der Waals surface area contributed by atoms with Crippen molar-refractivity contribution in [2.75, 3.05) is 4.90 Å². The number of aliphatic imine (C=N–C) groups is 1. The summed E-state index contributed by atoms with van der Waals surface area (Å²) in [4.78, 5) is 20.4. The van der Waals surface area contributed by atoms with Crippen LogP contribution in [0.25, 0.3) is 16.2 Å². The lowest BCUT2D eigenvalue weighted by Crippen LogP contribution is -2.32. The third-order valence-electron chi connectivity index (χ3n) is 5.03. The van der Waals surface area contributed by atoms with E-state index in [9.17, 15) is 9.18 Å². The summed E-state index contributed by atoms with van der Waals surface area (Å²) in [7, 11) is 0. The molecule has 0 radical (unpaired) electrons. The Morgan fingerprint density at radius 3 is 2.55 bits per heavy atom. The van der Waals surface area contributed by atoms with E-state index in [1.54, 1.807) is 23.1 Å². The van der Waals surface area contributed by atoms with E-state index in [0.717, 1.165) is 26.2 Å². The molecule has 5 rings (SSSR count). The predicted molar refractivity (Wildman–Crippen MR) is 126 cm³/mol. The minimum Gasteiger partial charge on any atom is -0.266 e. The zero-order chi connectivity index (χ0) is 21.5. The first-order chi connectivity index (χ1) is 15.0. The van der Waals surface area contributed by atoms with Crippen molar-refractivity contribution in [3.05, 3.63) is 105 Å². The van der Waals surface area contributed by atoms with Crippen LogP contribution < -0.4 is 4.90 Å². The van der Waals surface area contributed by atoms with Gasteiger partial charge in [-0.2, -0.15) is 0 Å². The fourth-order valence-corrected chi connectivity index (χ4v) is 5.05. The number of benzene rings is 3. The van der Waals surface area contributed by atoms with Crippen molar-refractivity contribution in [2.45, 2.75) is 6.92 Å². The molecule has 1 aliphatic rings. The van der Waals surface area contributed by atoms with E-state index in [-0.39, 0.29) is 17.4 Å². The van der Waals surface area contributed by atoms with Crippen molar-refractivity contribution >= 4 is 56.5 Å². The van der Waals surface area contributed by atoms with E-state index in [1.165, 1.54) is 23.5 Å². The van der Waals surface area contributed by atoms with Crippen LogP contribution in [0.2, 0.25) is 5.02 Å². The van der Waals surface area contributed by atoms with Gasteiger partial charge in [-0.15, -0.1) is 11.3 Å². The molecule has 0 N–H and O–H groups in total. The van der Waals surface area contributed by atoms with Crippen molar-refractivity contribution in [1.82, 2.24) is 0 Å². The highest BCUT2D eigenvalue weighted by Gasteiger charge is 2.35. The first-order valence-corrected chi connectivity index (χ1v) is 10.9. The predicted octanol–water partition coefficient (Wildman–Crippen LogP) is 6.84. The highest BCUT2D eigenvalue weighted by molar-refractivity contribution is 7.21. The minimum absolute atomic E-state index is 0.251. The van der Waals surface area contributed by atoms with Gasteiger partial charge in [0, 0.05) is 10.1 Å². The van der Waals surface area contributed by atoms with Gasteiger partial charge in [-0.25, -0.2) is 9.38 Å². The van der Waals surface area contributed by atoms with Crippen LogP contribution in [0.4, 0.5) is 10.1 Å². The van der Waals surface area contributed by atoms with Crippen LogP contribution >= 0.6 is 22.9 Å². The Labute approximate surface area is 187 Å². The maximum Gasteiger partial charge on any atom is 0.282 e. The number of aryl methyl sites for hydroxylation is 1. The molecule has 0 fully saturated rings. The van der Waals surface area contributed by atoms with Gasteiger partial charge >= 0.3 is 0 Å². The number of hydrogen-bond acceptors (Lipinski definition) is 3. The number of halogens is 2.